The molecule has 2 aromatic rings. The van der Waals surface area contributed by atoms with Crippen LogP contribution in [0, 0.1) is 0 Å². The van der Waals surface area contributed by atoms with E-state index in [2.05, 4.69) is 27.8 Å². The summed E-state index contributed by atoms with van der Waals surface area (Å²) in [6, 6.07) is 9.58. The van der Waals surface area contributed by atoms with Gasteiger partial charge in [-0.05, 0) is 30.7 Å². The van der Waals surface area contributed by atoms with Gasteiger partial charge in [0.15, 0.2) is 0 Å². The van der Waals surface area contributed by atoms with Crippen LogP contribution in [-0.2, 0) is 0 Å². The lowest BCUT2D eigenvalue weighted by atomic mass is 10.1. The molecule has 0 N–H and O–H groups in total. The molecule has 20 heavy (non-hydrogen) atoms. The number of carbonyl (C=O) groups excluding carboxylic acids is 1. The highest BCUT2D eigenvalue weighted by atomic mass is 79.9. The van der Waals surface area contributed by atoms with Gasteiger partial charge in [-0.1, -0.05) is 35.3 Å². The Balaban J connectivity index is 2.23. The van der Waals surface area contributed by atoms with Crippen molar-refractivity contribution in [2.24, 2.45) is 0 Å². The van der Waals surface area contributed by atoms with Crippen LogP contribution in [0.1, 0.15) is 30.1 Å². The topological polar surface area (TPSA) is 33.2 Å². The molecule has 1 aromatic carbocycles. The first-order chi connectivity index (χ1) is 9.76. The van der Waals surface area contributed by atoms with Crippen molar-refractivity contribution in [1.82, 2.24) is 9.88 Å². The second kappa shape index (κ2) is 7.39. The Kier molecular flexibility index (Phi) is 5.53. The first kappa shape index (κ1) is 15.0. The summed E-state index contributed by atoms with van der Waals surface area (Å²) >= 11 is 3.42. The molecule has 0 aliphatic carbocycles. The minimum absolute atomic E-state index is 0.101. The van der Waals surface area contributed by atoms with Crippen LogP contribution in [-0.4, -0.2) is 34.2 Å². The van der Waals surface area contributed by atoms with Gasteiger partial charge in [0.05, 0.1) is 5.52 Å². The minimum Gasteiger partial charge on any atom is -0.338 e. The molecule has 106 valence electrons. The Bertz CT molecular complexity index is 585. The van der Waals surface area contributed by atoms with Gasteiger partial charge in [0, 0.05) is 35.6 Å². The van der Waals surface area contributed by atoms with Crippen LogP contribution in [0.15, 0.2) is 36.5 Å². The van der Waals surface area contributed by atoms with Gasteiger partial charge in [-0.15, -0.1) is 0 Å². The molecule has 1 aromatic heterocycles. The number of alkyl halides is 1. The van der Waals surface area contributed by atoms with Crippen LogP contribution in [0.5, 0.6) is 0 Å². The van der Waals surface area contributed by atoms with E-state index in [1.165, 1.54) is 0 Å². The first-order valence-corrected chi connectivity index (χ1v) is 8.08. The van der Waals surface area contributed by atoms with Crippen molar-refractivity contribution in [3.63, 3.8) is 0 Å². The van der Waals surface area contributed by atoms with Crippen LogP contribution in [0.3, 0.4) is 0 Å². The van der Waals surface area contributed by atoms with E-state index >= 15 is 0 Å². The number of fused-ring (bicyclic) bond motifs is 1. The number of benzene rings is 1. The molecule has 0 atom stereocenters. The van der Waals surface area contributed by atoms with Crippen molar-refractivity contribution >= 4 is 32.7 Å². The zero-order chi connectivity index (χ0) is 14.4. The smallest absolute Gasteiger partial charge is 0.253 e. The molecule has 2 rings (SSSR count). The molecule has 3 nitrogen and oxygen atoms in total. The van der Waals surface area contributed by atoms with Gasteiger partial charge in [0.25, 0.3) is 5.91 Å². The first-order valence-electron chi connectivity index (χ1n) is 6.96. The summed E-state index contributed by atoms with van der Waals surface area (Å²) in [7, 11) is 0. The standard InChI is InChI=1S/C16H19BrN2O/c1-2-3-10-19(11-8-17)16(20)14-6-7-15-13(12-14)5-4-9-18-15/h4-7,9,12H,2-3,8,10-11H2,1H3. The van der Waals surface area contributed by atoms with Crippen molar-refractivity contribution in [3.8, 4) is 0 Å². The molecule has 0 saturated carbocycles. The fraction of sp³-hybridized carbons (Fsp3) is 0.375. The Morgan fingerprint density at radius 1 is 1.30 bits per heavy atom. The number of halogens is 1. The van der Waals surface area contributed by atoms with Gasteiger partial charge in [-0.3, -0.25) is 9.78 Å². The number of unbranched alkanes of at least 4 members (excludes halogenated alkanes) is 1. The van der Waals surface area contributed by atoms with Crippen molar-refractivity contribution < 1.29 is 4.79 Å². The van der Waals surface area contributed by atoms with Gasteiger partial charge in [0.1, 0.15) is 0 Å². The number of rotatable bonds is 6. The maximum Gasteiger partial charge on any atom is 0.253 e. The van der Waals surface area contributed by atoms with Gasteiger partial charge >= 0.3 is 0 Å². The number of nitrogens with zero attached hydrogens (tertiary/aromatic N) is 2. The third-order valence-corrected chi connectivity index (χ3v) is 3.63. The highest BCUT2D eigenvalue weighted by Gasteiger charge is 2.15. The predicted molar refractivity (Wildman–Crippen MR) is 86.3 cm³/mol. The summed E-state index contributed by atoms with van der Waals surface area (Å²) in [5.41, 5.74) is 1.66. The summed E-state index contributed by atoms with van der Waals surface area (Å²) in [6.45, 7) is 3.69. The van der Waals surface area contributed by atoms with Gasteiger partial charge in [0.2, 0.25) is 0 Å². The van der Waals surface area contributed by atoms with E-state index in [9.17, 15) is 4.79 Å². The van der Waals surface area contributed by atoms with E-state index in [4.69, 9.17) is 0 Å². The number of amides is 1. The summed E-state index contributed by atoms with van der Waals surface area (Å²) in [5.74, 6) is 0.101. The zero-order valence-corrected chi connectivity index (χ0v) is 13.3. The van der Waals surface area contributed by atoms with E-state index in [1.54, 1.807) is 6.20 Å². The third kappa shape index (κ3) is 3.57. The molecule has 0 spiro atoms. The number of hydrogen-bond donors (Lipinski definition) is 0. The fourth-order valence-corrected chi connectivity index (χ4v) is 2.59. The summed E-state index contributed by atoms with van der Waals surface area (Å²) < 4.78 is 0. The van der Waals surface area contributed by atoms with Crippen molar-refractivity contribution in [2.75, 3.05) is 18.4 Å². The molecule has 0 bridgehead atoms. The lowest BCUT2D eigenvalue weighted by molar-refractivity contribution is 0.0764. The summed E-state index contributed by atoms with van der Waals surface area (Å²) in [4.78, 5) is 18.8. The Morgan fingerprint density at radius 3 is 2.90 bits per heavy atom. The third-order valence-electron chi connectivity index (χ3n) is 3.27. The van der Waals surface area contributed by atoms with Crippen LogP contribution >= 0.6 is 15.9 Å². The van der Waals surface area contributed by atoms with Crippen LogP contribution in [0.25, 0.3) is 10.9 Å². The maximum atomic E-state index is 12.6. The lowest BCUT2D eigenvalue weighted by Gasteiger charge is -2.21. The Morgan fingerprint density at radius 2 is 2.15 bits per heavy atom. The highest BCUT2D eigenvalue weighted by Crippen LogP contribution is 2.15. The average Bonchev–Trinajstić information content (AvgIpc) is 2.50. The molecule has 0 unspecified atom stereocenters. The maximum absolute atomic E-state index is 12.6. The lowest BCUT2D eigenvalue weighted by Crippen LogP contribution is -2.33. The molecule has 0 fully saturated rings. The largest absolute Gasteiger partial charge is 0.338 e. The predicted octanol–water partition coefficient (Wildman–Crippen LogP) is 3.87. The SMILES string of the molecule is CCCCN(CCBr)C(=O)c1ccc2ncccc2c1. The number of aromatic nitrogens is 1. The average molecular weight is 335 g/mol. The Hall–Kier alpha value is -1.42. The molecule has 0 radical (unpaired) electrons. The molecule has 1 heterocycles. The van der Waals surface area contributed by atoms with Crippen LogP contribution in [0.4, 0.5) is 0 Å². The molecule has 0 aliphatic rings. The van der Waals surface area contributed by atoms with Crippen LogP contribution in [0.2, 0.25) is 0 Å². The van der Waals surface area contributed by atoms with Crippen molar-refractivity contribution in [1.29, 1.82) is 0 Å². The van der Waals surface area contributed by atoms with Gasteiger partial charge < -0.3 is 4.90 Å². The van der Waals surface area contributed by atoms with E-state index in [0.717, 1.165) is 47.7 Å². The van der Waals surface area contributed by atoms with Crippen LogP contribution < -0.4 is 0 Å². The second-order valence-corrected chi connectivity index (χ2v) is 5.54. The van der Waals surface area contributed by atoms with E-state index in [1.807, 2.05) is 35.2 Å². The molecular weight excluding hydrogens is 316 g/mol. The highest BCUT2D eigenvalue weighted by molar-refractivity contribution is 9.09. The number of hydrogen-bond acceptors (Lipinski definition) is 2. The molecule has 0 saturated heterocycles. The van der Waals surface area contributed by atoms with E-state index < -0.39 is 0 Å². The monoisotopic (exact) mass is 334 g/mol. The van der Waals surface area contributed by atoms with E-state index in [0.29, 0.717) is 0 Å². The molecule has 1 amide bonds. The zero-order valence-electron chi connectivity index (χ0n) is 11.7. The second-order valence-electron chi connectivity index (χ2n) is 4.75. The van der Waals surface area contributed by atoms with Crippen molar-refractivity contribution in [3.05, 3.63) is 42.1 Å². The minimum atomic E-state index is 0.101. The summed E-state index contributed by atoms with van der Waals surface area (Å²) in [6.07, 6.45) is 3.89. The van der Waals surface area contributed by atoms with Gasteiger partial charge in [-0.2, -0.15) is 0 Å². The van der Waals surface area contributed by atoms with Gasteiger partial charge in [-0.25, -0.2) is 0 Å². The number of carbonyl (C=O) groups is 1. The summed E-state index contributed by atoms with van der Waals surface area (Å²) in [5, 5.41) is 1.81. The van der Waals surface area contributed by atoms with E-state index in [-0.39, 0.29) is 5.91 Å². The Labute approximate surface area is 128 Å². The normalized spacial score (nSPS) is 10.7. The fourth-order valence-electron chi connectivity index (χ4n) is 2.16. The molecule has 0 aliphatic heterocycles. The number of pyridine rings is 1. The molecule has 4 heteroatoms. The van der Waals surface area contributed by atoms with Crippen molar-refractivity contribution in [2.45, 2.75) is 19.8 Å². The quantitative estimate of drug-likeness (QED) is 0.751. The molecular formula is C16H19BrN2O.